The molecule has 1 atom stereocenters. The van der Waals surface area contributed by atoms with Crippen LogP contribution in [0.5, 0.6) is 5.75 Å². The van der Waals surface area contributed by atoms with Gasteiger partial charge in [-0.2, -0.15) is 0 Å². The van der Waals surface area contributed by atoms with Gasteiger partial charge in [0.1, 0.15) is 18.5 Å². The molecule has 1 fully saturated rings. The van der Waals surface area contributed by atoms with Gasteiger partial charge in [-0.1, -0.05) is 11.6 Å². The van der Waals surface area contributed by atoms with Crippen LogP contribution in [0, 0.1) is 0 Å². The second-order valence-electron chi connectivity index (χ2n) is 7.47. The van der Waals surface area contributed by atoms with Crippen LogP contribution in [0.15, 0.2) is 42.7 Å². The molecule has 2 amide bonds. The number of hydrogen-bond donors (Lipinski definition) is 1. The zero-order valence-electron chi connectivity index (χ0n) is 18.3. The number of halogens is 1. The number of pyridine rings is 1. The highest BCUT2D eigenvalue weighted by Crippen LogP contribution is 2.24. The van der Waals surface area contributed by atoms with Crippen molar-refractivity contribution in [1.82, 2.24) is 15.2 Å². The lowest BCUT2D eigenvalue weighted by Gasteiger charge is -2.33. The van der Waals surface area contributed by atoms with Gasteiger partial charge >= 0.3 is 0 Å². The highest BCUT2D eigenvalue weighted by atomic mass is 35.5. The molecule has 2 aromatic rings. The number of nitrogens with zero attached hydrogens (tertiary/aromatic N) is 2. The Labute approximate surface area is 202 Å². The van der Waals surface area contributed by atoms with Crippen LogP contribution in [0.25, 0.3) is 0 Å². The van der Waals surface area contributed by atoms with E-state index in [0.717, 1.165) is 5.56 Å². The molecule has 1 saturated heterocycles. The van der Waals surface area contributed by atoms with E-state index in [1.807, 2.05) is 12.1 Å². The molecular weight excluding hydrogens is 466 g/mol. The first kappa shape index (κ1) is 25.0. The van der Waals surface area contributed by atoms with Gasteiger partial charge in [-0.05, 0) is 42.8 Å². The molecule has 1 aromatic carbocycles. The molecule has 1 unspecified atom stereocenters. The van der Waals surface area contributed by atoms with E-state index in [0.29, 0.717) is 42.6 Å². The van der Waals surface area contributed by atoms with Gasteiger partial charge in [0, 0.05) is 30.5 Å². The first-order valence-corrected chi connectivity index (χ1v) is 12.0. The molecule has 2 heterocycles. The van der Waals surface area contributed by atoms with Crippen LogP contribution in [0.4, 0.5) is 0 Å². The Kier molecular flexibility index (Phi) is 9.53. The highest BCUT2D eigenvalue weighted by Gasteiger charge is 2.25. The second kappa shape index (κ2) is 12.6. The van der Waals surface area contributed by atoms with E-state index >= 15 is 0 Å². The van der Waals surface area contributed by atoms with Gasteiger partial charge in [0.05, 0.1) is 30.2 Å². The van der Waals surface area contributed by atoms with Crippen LogP contribution in [0.1, 0.15) is 22.8 Å². The van der Waals surface area contributed by atoms with Crippen molar-refractivity contribution in [2.75, 3.05) is 37.8 Å². The normalized spacial score (nSPS) is 15.7. The van der Waals surface area contributed by atoms with Crippen LogP contribution in [0.2, 0.25) is 5.02 Å². The van der Waals surface area contributed by atoms with Gasteiger partial charge in [-0.25, -0.2) is 0 Å². The van der Waals surface area contributed by atoms with Crippen molar-refractivity contribution < 1.29 is 23.9 Å². The number of amides is 2. The summed E-state index contributed by atoms with van der Waals surface area (Å²) in [4.78, 5) is 42.0. The first-order chi connectivity index (χ1) is 15.9. The predicted octanol–water partition coefficient (Wildman–Crippen LogP) is 2.59. The molecule has 0 saturated carbocycles. The lowest BCUT2D eigenvalue weighted by Crippen LogP contribution is -2.48. The monoisotopic (exact) mass is 491 g/mol. The Morgan fingerprint density at radius 1 is 1.24 bits per heavy atom. The number of benzene rings is 1. The van der Waals surface area contributed by atoms with E-state index < -0.39 is 0 Å². The SMILES string of the molecule is CC(=O)c1cc(Cl)ccc1OCC1CN(C(=O)CSCC(=O)NCc2ccncc2)CCO1. The van der Waals surface area contributed by atoms with Gasteiger partial charge in [-0.15, -0.1) is 11.8 Å². The van der Waals surface area contributed by atoms with Crippen LogP contribution in [0.3, 0.4) is 0 Å². The third-order valence-electron chi connectivity index (χ3n) is 4.93. The third-order valence-corrected chi connectivity index (χ3v) is 6.09. The van der Waals surface area contributed by atoms with Crippen molar-refractivity contribution in [3.63, 3.8) is 0 Å². The van der Waals surface area contributed by atoms with E-state index in [9.17, 15) is 14.4 Å². The van der Waals surface area contributed by atoms with Gasteiger partial charge in [0.25, 0.3) is 0 Å². The topological polar surface area (TPSA) is 97.8 Å². The zero-order chi connectivity index (χ0) is 23.6. The van der Waals surface area contributed by atoms with Crippen molar-refractivity contribution in [3.8, 4) is 5.75 Å². The number of thioether (sulfide) groups is 1. The number of carbonyl (C=O) groups excluding carboxylic acids is 3. The second-order valence-corrected chi connectivity index (χ2v) is 8.89. The van der Waals surface area contributed by atoms with E-state index in [-0.39, 0.29) is 41.8 Å². The van der Waals surface area contributed by atoms with E-state index in [1.54, 1.807) is 35.5 Å². The fourth-order valence-corrected chi connectivity index (χ4v) is 4.13. The first-order valence-electron chi connectivity index (χ1n) is 10.5. The molecule has 0 radical (unpaired) electrons. The number of aromatic nitrogens is 1. The minimum Gasteiger partial charge on any atom is -0.490 e. The van der Waals surface area contributed by atoms with Gasteiger partial charge in [0.15, 0.2) is 5.78 Å². The summed E-state index contributed by atoms with van der Waals surface area (Å²) in [5.41, 5.74) is 1.37. The Morgan fingerprint density at radius 2 is 2.03 bits per heavy atom. The zero-order valence-corrected chi connectivity index (χ0v) is 19.9. The molecule has 33 heavy (non-hydrogen) atoms. The molecule has 0 aliphatic carbocycles. The molecule has 3 rings (SSSR count). The summed E-state index contributed by atoms with van der Waals surface area (Å²) in [6.45, 7) is 3.36. The minimum atomic E-state index is -0.313. The molecule has 1 aliphatic rings. The summed E-state index contributed by atoms with van der Waals surface area (Å²) in [6.07, 6.45) is 3.03. The largest absolute Gasteiger partial charge is 0.490 e. The maximum absolute atomic E-state index is 12.6. The molecule has 1 N–H and O–H groups in total. The van der Waals surface area contributed by atoms with Crippen molar-refractivity contribution in [3.05, 3.63) is 58.9 Å². The summed E-state index contributed by atoms with van der Waals surface area (Å²) in [7, 11) is 0. The van der Waals surface area contributed by atoms with Crippen LogP contribution >= 0.6 is 23.4 Å². The highest BCUT2D eigenvalue weighted by molar-refractivity contribution is 8.00. The smallest absolute Gasteiger partial charge is 0.232 e. The van der Waals surface area contributed by atoms with Gasteiger partial charge in [-0.3, -0.25) is 19.4 Å². The fraction of sp³-hybridized carbons (Fsp3) is 0.391. The number of morpholine rings is 1. The number of ether oxygens (including phenoxy) is 2. The fourth-order valence-electron chi connectivity index (χ4n) is 3.21. The molecule has 1 aliphatic heterocycles. The summed E-state index contributed by atoms with van der Waals surface area (Å²) < 4.78 is 11.5. The maximum Gasteiger partial charge on any atom is 0.232 e. The molecule has 0 spiro atoms. The molecule has 1 aromatic heterocycles. The summed E-state index contributed by atoms with van der Waals surface area (Å²) >= 11 is 7.24. The number of ketones is 1. The van der Waals surface area contributed by atoms with Crippen molar-refractivity contribution in [2.24, 2.45) is 0 Å². The van der Waals surface area contributed by atoms with Gasteiger partial charge in [0.2, 0.25) is 11.8 Å². The average molecular weight is 492 g/mol. The summed E-state index contributed by atoms with van der Waals surface area (Å²) in [5.74, 6) is 0.538. The summed E-state index contributed by atoms with van der Waals surface area (Å²) in [6, 6.07) is 8.56. The van der Waals surface area contributed by atoms with E-state index in [1.165, 1.54) is 18.7 Å². The number of carbonyl (C=O) groups is 3. The van der Waals surface area contributed by atoms with Crippen molar-refractivity contribution in [2.45, 2.75) is 19.6 Å². The Morgan fingerprint density at radius 3 is 2.79 bits per heavy atom. The number of nitrogens with one attached hydrogen (secondary N) is 1. The van der Waals surface area contributed by atoms with Crippen molar-refractivity contribution >= 4 is 41.0 Å². The Balaban J connectivity index is 1.39. The lowest BCUT2D eigenvalue weighted by atomic mass is 10.1. The number of hydrogen-bond acceptors (Lipinski definition) is 7. The van der Waals surface area contributed by atoms with E-state index in [2.05, 4.69) is 10.3 Å². The maximum atomic E-state index is 12.6. The van der Waals surface area contributed by atoms with Crippen LogP contribution < -0.4 is 10.1 Å². The van der Waals surface area contributed by atoms with Crippen molar-refractivity contribution in [1.29, 1.82) is 0 Å². The molecule has 10 heteroatoms. The molecular formula is C23H26ClN3O5S. The Bertz CT molecular complexity index is 976. The number of Topliss-reactive ketones (excluding diaryl/α,β-unsaturated/α-hetero) is 1. The van der Waals surface area contributed by atoms with E-state index in [4.69, 9.17) is 21.1 Å². The lowest BCUT2D eigenvalue weighted by molar-refractivity contribution is -0.137. The van der Waals surface area contributed by atoms with Crippen LogP contribution in [-0.4, -0.2) is 71.4 Å². The molecule has 0 bridgehead atoms. The van der Waals surface area contributed by atoms with Gasteiger partial charge < -0.3 is 19.7 Å². The number of rotatable bonds is 10. The van der Waals surface area contributed by atoms with Crippen LogP contribution in [-0.2, 0) is 20.9 Å². The third kappa shape index (κ3) is 8.03. The Hall–Kier alpha value is -2.62. The quantitative estimate of drug-likeness (QED) is 0.510. The average Bonchev–Trinajstić information content (AvgIpc) is 2.82. The minimum absolute atomic E-state index is 0.0499. The standard InChI is InChI=1S/C23H26ClN3O5S/c1-16(28)20-10-18(24)2-3-21(20)32-13-19-12-27(8-9-31-19)23(30)15-33-14-22(29)26-11-17-4-6-25-7-5-17/h2-7,10,19H,8-9,11-15H2,1H3,(H,26,29). The molecule has 8 nitrogen and oxygen atoms in total. The predicted molar refractivity (Wildman–Crippen MR) is 127 cm³/mol. The molecule has 176 valence electrons. The summed E-state index contributed by atoms with van der Waals surface area (Å²) in [5, 5.41) is 3.29.